The van der Waals surface area contributed by atoms with E-state index in [-0.39, 0.29) is 0 Å². The van der Waals surface area contributed by atoms with Gasteiger partial charge in [0, 0.05) is 50.3 Å². The monoisotopic (exact) mass is 441 g/mol. The molecule has 0 spiro atoms. The number of aromatic amines is 1. The molecule has 0 unspecified atom stereocenters. The molecule has 0 radical (unpaired) electrons. The van der Waals surface area contributed by atoms with Gasteiger partial charge in [0.1, 0.15) is 5.76 Å². The Hall–Kier alpha value is -3.70. The zero-order chi connectivity index (χ0) is 22.8. The van der Waals surface area contributed by atoms with E-state index in [9.17, 15) is 0 Å². The van der Waals surface area contributed by atoms with Crippen LogP contribution in [0.4, 0.5) is 11.6 Å². The average Bonchev–Trinajstić information content (AvgIpc) is 3.41. The summed E-state index contributed by atoms with van der Waals surface area (Å²) in [5, 5.41) is 1.17. The lowest BCUT2D eigenvalue weighted by Crippen LogP contribution is -2.47. The van der Waals surface area contributed by atoms with E-state index in [2.05, 4.69) is 40.8 Å². The van der Waals surface area contributed by atoms with Gasteiger partial charge in [-0.3, -0.25) is 4.90 Å². The van der Waals surface area contributed by atoms with Gasteiger partial charge in [-0.05, 0) is 56.3 Å². The van der Waals surface area contributed by atoms with E-state index in [0.29, 0.717) is 11.6 Å². The van der Waals surface area contributed by atoms with Crippen molar-refractivity contribution in [3.05, 3.63) is 65.2 Å². The van der Waals surface area contributed by atoms with Crippen molar-refractivity contribution >= 4 is 22.5 Å². The molecule has 33 heavy (non-hydrogen) atoms. The summed E-state index contributed by atoms with van der Waals surface area (Å²) in [5.41, 5.74) is 4.78. The Kier molecular flexibility index (Phi) is 5.80. The highest BCUT2D eigenvalue weighted by Gasteiger charge is 2.19. The number of piperazine rings is 1. The molecule has 0 atom stereocenters. The van der Waals surface area contributed by atoms with Crippen LogP contribution in [-0.4, -0.2) is 57.6 Å². The van der Waals surface area contributed by atoms with Crippen LogP contribution < -0.4 is 4.90 Å². The Morgan fingerprint density at radius 1 is 1.12 bits per heavy atom. The van der Waals surface area contributed by atoms with Crippen LogP contribution in [0.25, 0.3) is 27.2 Å². The van der Waals surface area contributed by atoms with Crippen LogP contribution in [0.2, 0.25) is 0 Å². The second-order valence-corrected chi connectivity index (χ2v) is 8.52. The van der Waals surface area contributed by atoms with Crippen molar-refractivity contribution in [1.82, 2.24) is 24.8 Å². The van der Waals surface area contributed by atoms with Gasteiger partial charge in [0.2, 0.25) is 11.8 Å². The number of nitrogens with zero attached hydrogens (tertiary/aromatic N) is 6. The third-order valence-corrected chi connectivity index (χ3v) is 6.37. The second kappa shape index (κ2) is 9.04. The van der Waals surface area contributed by atoms with E-state index in [4.69, 9.17) is 11.0 Å². The van der Waals surface area contributed by atoms with Crippen molar-refractivity contribution in [3.63, 3.8) is 0 Å². The average molecular weight is 442 g/mol. The number of rotatable bonds is 6. The molecule has 1 N–H and O–H groups in total. The number of aryl methyl sites for hydroxylation is 3. The predicted octanol–water partition coefficient (Wildman–Crippen LogP) is 4.54. The lowest BCUT2D eigenvalue weighted by atomic mass is 10.1. The zero-order valence-corrected chi connectivity index (χ0v) is 19.0. The molecule has 1 saturated heterocycles. The second-order valence-electron chi connectivity index (χ2n) is 8.52. The van der Waals surface area contributed by atoms with E-state index >= 15 is 0 Å². The summed E-state index contributed by atoms with van der Waals surface area (Å²) < 4.78 is 5.67. The van der Waals surface area contributed by atoms with Crippen molar-refractivity contribution in [1.29, 1.82) is 0 Å². The SMILES string of the molecule is [C-]#[N+]c1ccc2[nH]cc(CCCN3CCN(c4ncc(-c5nc(C)c(C)o5)cn4)CC3)c2c1. The summed E-state index contributed by atoms with van der Waals surface area (Å²) >= 11 is 0. The number of anilines is 1. The van der Waals surface area contributed by atoms with Crippen molar-refractivity contribution in [3.8, 4) is 11.5 Å². The van der Waals surface area contributed by atoms with Crippen LogP contribution in [0, 0.1) is 20.4 Å². The van der Waals surface area contributed by atoms with E-state index in [1.807, 2.05) is 32.0 Å². The van der Waals surface area contributed by atoms with Crippen molar-refractivity contribution < 1.29 is 4.42 Å². The Labute approximate surface area is 193 Å². The highest BCUT2D eigenvalue weighted by atomic mass is 16.4. The summed E-state index contributed by atoms with van der Waals surface area (Å²) in [6.45, 7) is 16.0. The van der Waals surface area contributed by atoms with Crippen LogP contribution in [-0.2, 0) is 6.42 Å². The van der Waals surface area contributed by atoms with Crippen molar-refractivity contribution in [2.24, 2.45) is 0 Å². The first-order valence-corrected chi connectivity index (χ1v) is 11.3. The number of H-pyrrole nitrogens is 1. The van der Waals surface area contributed by atoms with Gasteiger partial charge in [-0.25, -0.2) is 19.8 Å². The molecule has 0 bridgehead atoms. The minimum absolute atomic E-state index is 0.571. The van der Waals surface area contributed by atoms with Gasteiger partial charge in [-0.15, -0.1) is 0 Å². The number of benzene rings is 1. The Morgan fingerprint density at radius 3 is 2.61 bits per heavy atom. The molecule has 1 aromatic carbocycles. The summed E-state index contributed by atoms with van der Waals surface area (Å²) in [6.07, 6.45) is 7.76. The molecule has 0 saturated carbocycles. The van der Waals surface area contributed by atoms with Crippen LogP contribution in [0.1, 0.15) is 23.4 Å². The first-order valence-electron chi connectivity index (χ1n) is 11.3. The number of oxazole rings is 1. The van der Waals surface area contributed by atoms with Crippen molar-refractivity contribution in [2.45, 2.75) is 26.7 Å². The maximum absolute atomic E-state index is 7.24. The molecule has 0 amide bonds. The number of hydrogen-bond acceptors (Lipinski definition) is 6. The molecular weight excluding hydrogens is 414 g/mol. The van der Waals surface area contributed by atoms with E-state index in [1.165, 1.54) is 10.9 Å². The number of fused-ring (bicyclic) bond motifs is 1. The molecule has 0 aliphatic carbocycles. The summed E-state index contributed by atoms with van der Waals surface area (Å²) in [5.74, 6) is 2.15. The minimum Gasteiger partial charge on any atom is -0.441 e. The highest BCUT2D eigenvalue weighted by molar-refractivity contribution is 5.86. The molecule has 4 heterocycles. The smallest absolute Gasteiger partial charge is 0.229 e. The standard InChI is InChI=1S/C25H27N7O/c1-17-18(2)33-24(30-17)20-15-28-25(29-16-20)32-11-9-31(10-12-32)8-4-5-19-14-27-23-7-6-21(26-3)13-22(19)23/h6-7,13-16,27H,4-5,8-12H2,1-2H3. The highest BCUT2D eigenvalue weighted by Crippen LogP contribution is 2.25. The first kappa shape index (κ1) is 21.2. The van der Waals surface area contributed by atoms with Gasteiger partial charge >= 0.3 is 0 Å². The molecule has 3 aromatic heterocycles. The van der Waals surface area contributed by atoms with E-state index in [1.54, 1.807) is 12.4 Å². The Bertz CT molecular complexity index is 1270. The molecule has 8 heteroatoms. The molecule has 4 aromatic rings. The fraction of sp³-hybridized carbons (Fsp3) is 0.360. The largest absolute Gasteiger partial charge is 0.441 e. The topological polar surface area (TPSA) is 78.4 Å². The molecule has 8 nitrogen and oxygen atoms in total. The van der Waals surface area contributed by atoms with Crippen LogP contribution in [0.5, 0.6) is 0 Å². The number of aromatic nitrogens is 4. The summed E-state index contributed by atoms with van der Waals surface area (Å²) in [4.78, 5) is 25.1. The normalized spacial score (nSPS) is 14.6. The molecule has 1 aliphatic heterocycles. The van der Waals surface area contributed by atoms with Gasteiger partial charge in [0.05, 0.1) is 17.8 Å². The number of nitrogens with one attached hydrogen (secondary N) is 1. The maximum Gasteiger partial charge on any atom is 0.229 e. The van der Waals surface area contributed by atoms with Crippen LogP contribution in [0.15, 0.2) is 41.2 Å². The van der Waals surface area contributed by atoms with E-state index < -0.39 is 0 Å². The Balaban J connectivity index is 1.12. The molecule has 5 rings (SSSR count). The third-order valence-electron chi connectivity index (χ3n) is 6.37. The van der Waals surface area contributed by atoms with Crippen LogP contribution in [0.3, 0.4) is 0 Å². The molecule has 168 valence electrons. The van der Waals surface area contributed by atoms with Gasteiger partial charge in [-0.1, -0.05) is 6.07 Å². The lowest BCUT2D eigenvalue weighted by Gasteiger charge is -2.34. The molecule has 1 fully saturated rings. The number of hydrogen-bond donors (Lipinski definition) is 1. The van der Waals surface area contributed by atoms with Crippen molar-refractivity contribution in [2.75, 3.05) is 37.6 Å². The summed E-state index contributed by atoms with van der Waals surface area (Å²) in [7, 11) is 0. The van der Waals surface area contributed by atoms with Gasteiger partial charge < -0.3 is 14.3 Å². The summed E-state index contributed by atoms with van der Waals surface area (Å²) in [6, 6.07) is 5.85. The fourth-order valence-electron chi connectivity index (χ4n) is 4.30. The van der Waals surface area contributed by atoms with Crippen LogP contribution >= 0.6 is 0 Å². The molecule has 1 aliphatic rings. The third kappa shape index (κ3) is 4.45. The maximum atomic E-state index is 7.24. The lowest BCUT2D eigenvalue weighted by molar-refractivity contribution is 0.254. The first-order chi connectivity index (χ1) is 16.1. The van der Waals surface area contributed by atoms with Gasteiger partial charge in [0.25, 0.3) is 0 Å². The van der Waals surface area contributed by atoms with Gasteiger partial charge in [-0.2, -0.15) is 0 Å². The predicted molar refractivity (Wildman–Crippen MR) is 129 cm³/mol. The fourth-order valence-corrected chi connectivity index (χ4v) is 4.30. The van der Waals surface area contributed by atoms with Gasteiger partial charge in [0.15, 0.2) is 5.69 Å². The zero-order valence-electron chi connectivity index (χ0n) is 19.0. The minimum atomic E-state index is 0.571. The van der Waals surface area contributed by atoms with E-state index in [0.717, 1.165) is 74.0 Å². The quantitative estimate of drug-likeness (QED) is 0.443. The molecular formula is C25H27N7O. The Morgan fingerprint density at radius 2 is 1.91 bits per heavy atom.